The summed E-state index contributed by atoms with van der Waals surface area (Å²) < 4.78 is 37.2. The predicted octanol–water partition coefficient (Wildman–Crippen LogP) is 0.545. The molecule has 10 heteroatoms. The lowest BCUT2D eigenvalue weighted by Gasteiger charge is -2.27. The number of carbonyl (C=O) groups is 3. The van der Waals surface area contributed by atoms with E-state index in [2.05, 4.69) is 0 Å². The number of aliphatic carboxylic acids is 1. The number of rotatable bonds is 7. The van der Waals surface area contributed by atoms with Gasteiger partial charge >= 0.3 is 18.2 Å². The molecule has 0 aliphatic heterocycles. The lowest BCUT2D eigenvalue weighted by atomic mass is 10.0. The van der Waals surface area contributed by atoms with Gasteiger partial charge in [0, 0.05) is 0 Å². The third-order valence-electron chi connectivity index (χ3n) is 2.33. The van der Waals surface area contributed by atoms with E-state index in [-0.39, 0.29) is 17.2 Å². The maximum absolute atomic E-state index is 12.4. The molecule has 0 radical (unpaired) electrons. The minimum Gasteiger partial charge on any atom is -0.480 e. The van der Waals surface area contributed by atoms with Crippen LogP contribution in [0.5, 0.6) is 0 Å². The van der Waals surface area contributed by atoms with Crippen molar-refractivity contribution in [3.63, 3.8) is 0 Å². The van der Waals surface area contributed by atoms with E-state index >= 15 is 0 Å². The summed E-state index contributed by atoms with van der Waals surface area (Å²) in [6, 6.07) is -2.37. The second kappa shape index (κ2) is 7.70. The Hall–Kier alpha value is -2.00. The fourth-order valence-corrected chi connectivity index (χ4v) is 1.68. The van der Waals surface area contributed by atoms with E-state index in [1.165, 1.54) is 0 Å². The van der Waals surface area contributed by atoms with Gasteiger partial charge in [0.15, 0.2) is 0 Å². The van der Waals surface area contributed by atoms with Crippen LogP contribution in [-0.2, 0) is 9.59 Å². The summed E-state index contributed by atoms with van der Waals surface area (Å²) in [7, 11) is 0. The number of carbonyl (C=O) groups excluding carboxylic acids is 2. The van der Waals surface area contributed by atoms with E-state index in [1.807, 2.05) is 5.32 Å². The molecule has 0 aromatic heterocycles. The SMILES string of the molecule is CC(C)CC(NC(N)=O)C(=O)N(CC(=O)O)CC(F)(F)F. The zero-order chi connectivity index (χ0) is 16.8. The van der Waals surface area contributed by atoms with E-state index in [0.29, 0.717) is 0 Å². The summed E-state index contributed by atoms with van der Waals surface area (Å²) in [4.78, 5) is 33.6. The maximum Gasteiger partial charge on any atom is 0.406 e. The lowest BCUT2D eigenvalue weighted by Crippen LogP contribution is -2.53. The van der Waals surface area contributed by atoms with Gasteiger partial charge in [-0.3, -0.25) is 9.59 Å². The Morgan fingerprint density at radius 2 is 1.81 bits per heavy atom. The minimum absolute atomic E-state index is 0.0374. The molecule has 0 saturated carbocycles. The van der Waals surface area contributed by atoms with Crippen molar-refractivity contribution in [1.29, 1.82) is 0 Å². The van der Waals surface area contributed by atoms with Gasteiger partial charge in [0.2, 0.25) is 5.91 Å². The fourth-order valence-electron chi connectivity index (χ4n) is 1.68. The Labute approximate surface area is 119 Å². The first-order valence-corrected chi connectivity index (χ1v) is 6.05. The second-order valence-corrected chi connectivity index (χ2v) is 4.89. The van der Waals surface area contributed by atoms with Crippen molar-refractivity contribution >= 4 is 17.9 Å². The molecule has 0 aromatic carbocycles. The van der Waals surface area contributed by atoms with Gasteiger partial charge in [-0.15, -0.1) is 0 Å². The maximum atomic E-state index is 12.4. The highest BCUT2D eigenvalue weighted by molar-refractivity contribution is 5.88. The number of hydrogen-bond donors (Lipinski definition) is 3. The van der Waals surface area contributed by atoms with Gasteiger partial charge in [0.05, 0.1) is 0 Å². The normalized spacial score (nSPS) is 12.9. The van der Waals surface area contributed by atoms with Crippen molar-refractivity contribution in [3.8, 4) is 0 Å². The van der Waals surface area contributed by atoms with E-state index in [1.54, 1.807) is 13.8 Å². The third kappa shape index (κ3) is 8.71. The zero-order valence-electron chi connectivity index (χ0n) is 11.6. The van der Waals surface area contributed by atoms with E-state index < -0.39 is 43.2 Å². The van der Waals surface area contributed by atoms with Crippen molar-refractivity contribution in [1.82, 2.24) is 10.2 Å². The number of carboxylic acid groups (broad SMARTS) is 1. The summed E-state index contributed by atoms with van der Waals surface area (Å²) in [6.45, 7) is 0.545. The van der Waals surface area contributed by atoms with Crippen molar-refractivity contribution < 1.29 is 32.7 Å². The molecule has 4 N–H and O–H groups in total. The number of amides is 3. The van der Waals surface area contributed by atoms with Gasteiger partial charge in [0.1, 0.15) is 19.1 Å². The standard InChI is InChI=1S/C11H18F3N3O4/c1-6(2)3-7(16-10(15)21)9(20)17(4-8(18)19)5-11(12,13)14/h6-7H,3-5H2,1-2H3,(H,18,19)(H3,15,16,21). The molecule has 0 aliphatic rings. The molecule has 7 nitrogen and oxygen atoms in total. The first-order valence-electron chi connectivity index (χ1n) is 6.05. The van der Waals surface area contributed by atoms with Crippen LogP contribution in [0.3, 0.4) is 0 Å². The Kier molecular flexibility index (Phi) is 6.96. The van der Waals surface area contributed by atoms with Gasteiger partial charge < -0.3 is 21.1 Å². The lowest BCUT2D eigenvalue weighted by molar-refractivity contribution is -0.166. The molecule has 0 spiro atoms. The predicted molar refractivity (Wildman–Crippen MR) is 66.2 cm³/mol. The number of primary amides is 1. The number of halogens is 3. The molecule has 0 heterocycles. The molecule has 1 atom stereocenters. The minimum atomic E-state index is -4.75. The van der Waals surface area contributed by atoms with Gasteiger partial charge in [-0.25, -0.2) is 4.79 Å². The molecule has 0 fully saturated rings. The molecular weight excluding hydrogens is 295 g/mol. The van der Waals surface area contributed by atoms with Gasteiger partial charge in [-0.05, 0) is 12.3 Å². The van der Waals surface area contributed by atoms with Crippen LogP contribution in [0.2, 0.25) is 0 Å². The number of nitrogens with zero attached hydrogens (tertiary/aromatic N) is 1. The van der Waals surface area contributed by atoms with Crippen molar-refractivity contribution in [2.45, 2.75) is 32.5 Å². The van der Waals surface area contributed by atoms with E-state index in [0.717, 1.165) is 0 Å². The average Bonchev–Trinajstić information content (AvgIpc) is 2.22. The zero-order valence-corrected chi connectivity index (χ0v) is 11.6. The number of carboxylic acids is 1. The molecule has 0 aromatic rings. The Balaban J connectivity index is 5.16. The molecule has 3 amide bonds. The largest absolute Gasteiger partial charge is 0.480 e. The van der Waals surface area contributed by atoms with Gasteiger partial charge in [0.25, 0.3) is 0 Å². The van der Waals surface area contributed by atoms with E-state index in [9.17, 15) is 27.6 Å². The quantitative estimate of drug-likeness (QED) is 0.637. The highest BCUT2D eigenvalue weighted by Gasteiger charge is 2.36. The van der Waals surface area contributed by atoms with Crippen LogP contribution in [-0.4, -0.2) is 53.2 Å². The molecule has 122 valence electrons. The topological polar surface area (TPSA) is 113 Å². The summed E-state index contributed by atoms with van der Waals surface area (Å²) >= 11 is 0. The van der Waals surface area contributed by atoms with Crippen LogP contribution >= 0.6 is 0 Å². The van der Waals surface area contributed by atoms with Crippen molar-refractivity contribution in [2.24, 2.45) is 11.7 Å². The van der Waals surface area contributed by atoms with Crippen LogP contribution in [0, 0.1) is 5.92 Å². The number of alkyl halides is 3. The van der Waals surface area contributed by atoms with Crippen LogP contribution < -0.4 is 11.1 Å². The van der Waals surface area contributed by atoms with Crippen LogP contribution in [0.25, 0.3) is 0 Å². The Morgan fingerprint density at radius 3 is 2.14 bits per heavy atom. The highest BCUT2D eigenvalue weighted by atomic mass is 19.4. The molecule has 0 aliphatic carbocycles. The number of nitrogens with one attached hydrogen (secondary N) is 1. The number of nitrogens with two attached hydrogens (primary N) is 1. The van der Waals surface area contributed by atoms with Crippen molar-refractivity contribution in [3.05, 3.63) is 0 Å². The van der Waals surface area contributed by atoms with Crippen LogP contribution in [0.15, 0.2) is 0 Å². The molecule has 21 heavy (non-hydrogen) atoms. The molecular formula is C11H18F3N3O4. The number of urea groups is 1. The second-order valence-electron chi connectivity index (χ2n) is 4.89. The van der Waals surface area contributed by atoms with Gasteiger partial charge in [-0.1, -0.05) is 13.8 Å². The smallest absolute Gasteiger partial charge is 0.406 e. The molecule has 0 rings (SSSR count). The third-order valence-corrected chi connectivity index (χ3v) is 2.33. The first kappa shape index (κ1) is 19.0. The summed E-state index contributed by atoms with van der Waals surface area (Å²) in [6.07, 6.45) is -4.71. The highest BCUT2D eigenvalue weighted by Crippen LogP contribution is 2.18. The Bertz CT molecular complexity index is 399. The fraction of sp³-hybridized carbons (Fsp3) is 0.727. The van der Waals surface area contributed by atoms with Crippen LogP contribution in [0.4, 0.5) is 18.0 Å². The molecule has 1 unspecified atom stereocenters. The monoisotopic (exact) mass is 313 g/mol. The van der Waals surface area contributed by atoms with Crippen molar-refractivity contribution in [2.75, 3.05) is 13.1 Å². The molecule has 0 saturated heterocycles. The summed E-state index contributed by atoms with van der Waals surface area (Å²) in [5.74, 6) is -2.85. The first-order chi connectivity index (χ1) is 9.42. The van der Waals surface area contributed by atoms with E-state index in [4.69, 9.17) is 10.8 Å². The van der Waals surface area contributed by atoms with Crippen LogP contribution in [0.1, 0.15) is 20.3 Å². The summed E-state index contributed by atoms with van der Waals surface area (Å²) in [5.41, 5.74) is 4.88. The number of hydrogen-bond acceptors (Lipinski definition) is 3. The summed E-state index contributed by atoms with van der Waals surface area (Å²) in [5, 5.41) is 10.6. The average molecular weight is 313 g/mol. The van der Waals surface area contributed by atoms with Gasteiger partial charge in [-0.2, -0.15) is 13.2 Å². The Morgan fingerprint density at radius 1 is 1.29 bits per heavy atom. The molecule has 0 bridgehead atoms.